The molecule has 0 saturated carbocycles. The summed E-state index contributed by atoms with van der Waals surface area (Å²) in [5.41, 5.74) is 1.56. The molecule has 1 aliphatic rings. The van der Waals surface area contributed by atoms with Gasteiger partial charge in [-0.1, -0.05) is 62.4 Å². The van der Waals surface area contributed by atoms with Gasteiger partial charge >= 0.3 is 0 Å². The average Bonchev–Trinajstić information content (AvgIpc) is 3.04. The van der Waals surface area contributed by atoms with E-state index in [2.05, 4.69) is 4.90 Å². The molecule has 6 nitrogen and oxygen atoms in total. The van der Waals surface area contributed by atoms with Gasteiger partial charge in [0.1, 0.15) is 5.75 Å². The van der Waals surface area contributed by atoms with Crippen LogP contribution in [0.25, 0.3) is 6.08 Å². The van der Waals surface area contributed by atoms with E-state index in [4.69, 9.17) is 0 Å². The summed E-state index contributed by atoms with van der Waals surface area (Å²) >= 11 is 0. The zero-order valence-electron chi connectivity index (χ0n) is 17.9. The fourth-order valence-electron chi connectivity index (χ4n) is 3.75. The zero-order valence-corrected chi connectivity index (χ0v) is 17.9. The Morgan fingerprint density at radius 3 is 2.29 bits per heavy atom. The minimum Gasteiger partial charge on any atom is -0.508 e. The van der Waals surface area contributed by atoms with E-state index < -0.39 is 23.5 Å². The van der Waals surface area contributed by atoms with E-state index >= 15 is 0 Å². The number of rotatable bonds is 9. The van der Waals surface area contributed by atoms with Gasteiger partial charge in [-0.05, 0) is 42.4 Å². The maximum atomic E-state index is 13.1. The number of phenolic OH excluding ortho intramolecular Hbond substituents is 1. The lowest BCUT2D eigenvalue weighted by atomic mass is 9.95. The summed E-state index contributed by atoms with van der Waals surface area (Å²) in [5, 5.41) is 20.3. The number of amides is 1. The van der Waals surface area contributed by atoms with Crippen LogP contribution >= 0.6 is 0 Å². The minimum atomic E-state index is -0.711. The number of aliphatic hydroxyl groups excluding tert-OH is 1. The third-order valence-electron chi connectivity index (χ3n) is 5.56. The number of carbonyl (C=O) groups excluding carboxylic acids is 2. The van der Waals surface area contributed by atoms with Crippen LogP contribution in [0.2, 0.25) is 0 Å². The molecule has 0 spiro atoms. The molecule has 1 aliphatic heterocycles. The van der Waals surface area contributed by atoms with Crippen molar-refractivity contribution in [3.05, 3.63) is 83.1 Å². The molecule has 2 aromatic carbocycles. The molecule has 0 saturated heterocycles. The van der Waals surface area contributed by atoms with Crippen molar-refractivity contribution in [2.75, 3.05) is 26.2 Å². The molecule has 162 valence electrons. The van der Waals surface area contributed by atoms with Gasteiger partial charge in [-0.25, -0.2) is 0 Å². The van der Waals surface area contributed by atoms with Gasteiger partial charge in [0.25, 0.3) is 5.91 Å². The Hall–Kier alpha value is -3.38. The van der Waals surface area contributed by atoms with Crippen LogP contribution in [-0.2, 0) is 9.59 Å². The maximum absolute atomic E-state index is 13.1. The highest BCUT2D eigenvalue weighted by atomic mass is 16.3. The highest BCUT2D eigenvalue weighted by Gasteiger charge is 2.42. The van der Waals surface area contributed by atoms with Crippen LogP contribution in [0.3, 0.4) is 0 Å². The van der Waals surface area contributed by atoms with Gasteiger partial charge in [-0.15, -0.1) is 0 Å². The monoisotopic (exact) mass is 420 g/mol. The van der Waals surface area contributed by atoms with Crippen molar-refractivity contribution < 1.29 is 19.8 Å². The standard InChI is InChI=1S/C25H28N2O4/c1-3-26(4-2)16-17-27-23(19-11-13-20(28)14-12-19)22(24(30)25(27)31)21(29)15-10-18-8-6-5-7-9-18/h5-15,23,28,30H,3-4,16-17H2,1-2H3/b15-10+. The van der Waals surface area contributed by atoms with Crippen molar-refractivity contribution in [2.45, 2.75) is 19.9 Å². The molecular formula is C25H28N2O4. The smallest absolute Gasteiger partial charge is 0.290 e. The Bertz CT molecular complexity index is 976. The quantitative estimate of drug-likeness (QED) is 0.605. The summed E-state index contributed by atoms with van der Waals surface area (Å²) in [6, 6.07) is 15.0. The second-order valence-corrected chi connectivity index (χ2v) is 7.39. The van der Waals surface area contributed by atoms with Crippen LogP contribution in [0.5, 0.6) is 5.75 Å². The van der Waals surface area contributed by atoms with Crippen LogP contribution in [0, 0.1) is 0 Å². The molecule has 0 radical (unpaired) electrons. The molecule has 6 heteroatoms. The van der Waals surface area contributed by atoms with Crippen molar-refractivity contribution in [3.8, 4) is 5.75 Å². The van der Waals surface area contributed by atoms with E-state index in [1.807, 2.05) is 44.2 Å². The fourth-order valence-corrected chi connectivity index (χ4v) is 3.75. The van der Waals surface area contributed by atoms with Gasteiger partial charge < -0.3 is 20.0 Å². The van der Waals surface area contributed by atoms with E-state index in [1.165, 1.54) is 23.1 Å². The number of phenols is 1. The Labute approximate surface area is 182 Å². The lowest BCUT2D eigenvalue weighted by Gasteiger charge is -2.29. The highest BCUT2D eigenvalue weighted by molar-refractivity contribution is 6.14. The molecule has 0 bridgehead atoms. The van der Waals surface area contributed by atoms with Gasteiger partial charge in [-0.2, -0.15) is 0 Å². The number of carbonyl (C=O) groups is 2. The summed E-state index contributed by atoms with van der Waals surface area (Å²) in [5.74, 6) is -1.40. The Morgan fingerprint density at radius 2 is 1.68 bits per heavy atom. The van der Waals surface area contributed by atoms with Crippen molar-refractivity contribution in [1.82, 2.24) is 9.80 Å². The van der Waals surface area contributed by atoms with Crippen molar-refractivity contribution >= 4 is 17.8 Å². The first kappa shape index (κ1) is 22.3. The number of nitrogens with zero attached hydrogens (tertiary/aromatic N) is 2. The summed E-state index contributed by atoms with van der Waals surface area (Å²) in [6.07, 6.45) is 3.05. The van der Waals surface area contributed by atoms with Crippen LogP contribution in [0.1, 0.15) is 31.0 Å². The van der Waals surface area contributed by atoms with Gasteiger partial charge in [-0.3, -0.25) is 9.59 Å². The second kappa shape index (κ2) is 10.1. The van der Waals surface area contributed by atoms with Crippen LogP contribution in [-0.4, -0.2) is 57.9 Å². The molecule has 1 amide bonds. The lowest BCUT2D eigenvalue weighted by molar-refractivity contribution is -0.129. The van der Waals surface area contributed by atoms with Crippen LogP contribution in [0.4, 0.5) is 0 Å². The molecule has 1 unspecified atom stereocenters. The third kappa shape index (κ3) is 5.03. The van der Waals surface area contributed by atoms with E-state index in [1.54, 1.807) is 18.2 Å². The molecule has 3 rings (SSSR count). The number of aliphatic hydroxyl groups is 1. The zero-order chi connectivity index (χ0) is 22.4. The van der Waals surface area contributed by atoms with Gasteiger partial charge in [0.15, 0.2) is 11.5 Å². The molecule has 0 aliphatic carbocycles. The maximum Gasteiger partial charge on any atom is 0.290 e. The van der Waals surface area contributed by atoms with Gasteiger partial charge in [0, 0.05) is 13.1 Å². The van der Waals surface area contributed by atoms with E-state index in [9.17, 15) is 19.8 Å². The summed E-state index contributed by atoms with van der Waals surface area (Å²) in [7, 11) is 0. The first-order valence-corrected chi connectivity index (χ1v) is 10.5. The summed E-state index contributed by atoms with van der Waals surface area (Å²) in [6.45, 7) is 6.77. The first-order valence-electron chi connectivity index (χ1n) is 10.5. The summed E-state index contributed by atoms with van der Waals surface area (Å²) in [4.78, 5) is 29.7. The topological polar surface area (TPSA) is 81.1 Å². The Balaban J connectivity index is 1.94. The fraction of sp³-hybridized carbons (Fsp3) is 0.280. The molecule has 31 heavy (non-hydrogen) atoms. The third-order valence-corrected chi connectivity index (χ3v) is 5.56. The first-order chi connectivity index (χ1) is 15.0. The molecule has 1 atom stereocenters. The number of hydrogen-bond acceptors (Lipinski definition) is 5. The lowest BCUT2D eigenvalue weighted by Crippen LogP contribution is -2.38. The largest absolute Gasteiger partial charge is 0.508 e. The van der Waals surface area contributed by atoms with Crippen molar-refractivity contribution in [3.63, 3.8) is 0 Å². The van der Waals surface area contributed by atoms with Crippen LogP contribution in [0.15, 0.2) is 72.0 Å². The number of likely N-dealkylation sites (N-methyl/N-ethyl adjacent to an activating group) is 1. The van der Waals surface area contributed by atoms with Crippen molar-refractivity contribution in [2.24, 2.45) is 0 Å². The SMILES string of the molecule is CCN(CC)CCN1C(=O)C(O)=C(C(=O)/C=C/c2ccccc2)C1c1ccc(O)cc1. The molecule has 2 aromatic rings. The number of benzene rings is 2. The molecule has 0 aromatic heterocycles. The average molecular weight is 421 g/mol. The van der Waals surface area contributed by atoms with E-state index in [-0.39, 0.29) is 11.3 Å². The van der Waals surface area contributed by atoms with E-state index in [0.717, 1.165) is 18.7 Å². The minimum absolute atomic E-state index is 0.0578. The van der Waals surface area contributed by atoms with Gasteiger partial charge in [0.05, 0.1) is 11.6 Å². The molecule has 2 N–H and O–H groups in total. The van der Waals surface area contributed by atoms with Crippen LogP contribution < -0.4 is 0 Å². The number of ketones is 1. The van der Waals surface area contributed by atoms with Crippen molar-refractivity contribution in [1.29, 1.82) is 0 Å². The molecule has 0 fully saturated rings. The van der Waals surface area contributed by atoms with E-state index in [0.29, 0.717) is 18.7 Å². The Morgan fingerprint density at radius 1 is 1.03 bits per heavy atom. The predicted octanol–water partition coefficient (Wildman–Crippen LogP) is 3.71. The number of allylic oxidation sites excluding steroid dienone is 1. The normalized spacial score (nSPS) is 16.7. The summed E-state index contributed by atoms with van der Waals surface area (Å²) < 4.78 is 0. The highest BCUT2D eigenvalue weighted by Crippen LogP contribution is 2.38. The predicted molar refractivity (Wildman–Crippen MR) is 120 cm³/mol. The molecule has 1 heterocycles. The number of aromatic hydroxyl groups is 1. The number of hydrogen-bond donors (Lipinski definition) is 2. The van der Waals surface area contributed by atoms with Gasteiger partial charge in [0.2, 0.25) is 0 Å². The second-order valence-electron chi connectivity index (χ2n) is 7.39. The Kier molecular flexibility index (Phi) is 7.26. The molecular weight excluding hydrogens is 392 g/mol.